The van der Waals surface area contributed by atoms with Crippen LogP contribution in [0, 0.1) is 0 Å². The number of carbonyl (C=O) groups excluding carboxylic acids is 1. The van der Waals surface area contributed by atoms with E-state index in [-0.39, 0.29) is 17.2 Å². The van der Waals surface area contributed by atoms with Crippen molar-refractivity contribution >= 4 is 43.3 Å². The number of esters is 1. The average molecular weight is 356 g/mol. The molecule has 8 heteroatoms. The number of hydrogen-bond donors (Lipinski definition) is 0. The molecule has 0 unspecified atom stereocenters. The Morgan fingerprint density at radius 1 is 1.50 bits per heavy atom. The SMILES string of the molecule is CCOC(=O)CCN(C)S(=O)(=O)c1ccc(Br)s1. The molecule has 0 N–H and O–H groups in total. The van der Waals surface area contributed by atoms with Crippen LogP contribution in [0.3, 0.4) is 0 Å². The predicted molar refractivity (Wildman–Crippen MR) is 73.1 cm³/mol. The van der Waals surface area contributed by atoms with Gasteiger partial charge in [0.05, 0.1) is 16.8 Å². The molecule has 1 aromatic heterocycles. The van der Waals surface area contributed by atoms with Crippen LogP contribution in [0.1, 0.15) is 13.3 Å². The maximum absolute atomic E-state index is 12.1. The minimum absolute atomic E-state index is 0.0517. The highest BCUT2D eigenvalue weighted by atomic mass is 79.9. The molecular weight excluding hydrogens is 342 g/mol. The molecule has 0 bridgehead atoms. The van der Waals surface area contributed by atoms with Crippen LogP contribution in [0.25, 0.3) is 0 Å². The van der Waals surface area contributed by atoms with Crippen molar-refractivity contribution in [1.82, 2.24) is 4.31 Å². The number of hydrogen-bond acceptors (Lipinski definition) is 5. The number of thiophene rings is 1. The summed E-state index contributed by atoms with van der Waals surface area (Å²) in [6.45, 7) is 2.12. The monoisotopic (exact) mass is 355 g/mol. The van der Waals surface area contributed by atoms with Gasteiger partial charge in [0.15, 0.2) is 0 Å². The fourth-order valence-electron chi connectivity index (χ4n) is 1.19. The van der Waals surface area contributed by atoms with E-state index in [1.165, 1.54) is 13.1 Å². The van der Waals surface area contributed by atoms with Crippen LogP contribution in [0.5, 0.6) is 0 Å². The van der Waals surface area contributed by atoms with Crippen LogP contribution in [0.15, 0.2) is 20.1 Å². The van der Waals surface area contributed by atoms with Crippen LogP contribution in [-0.2, 0) is 19.6 Å². The van der Waals surface area contributed by atoms with Crippen LogP contribution in [-0.4, -0.2) is 38.9 Å². The molecule has 0 aliphatic carbocycles. The first kappa shape index (κ1) is 15.6. The topological polar surface area (TPSA) is 63.7 Å². The fraction of sp³-hybridized carbons (Fsp3) is 0.500. The smallest absolute Gasteiger partial charge is 0.307 e. The molecule has 102 valence electrons. The zero-order chi connectivity index (χ0) is 13.8. The molecule has 0 radical (unpaired) electrons. The quantitative estimate of drug-likeness (QED) is 0.732. The van der Waals surface area contributed by atoms with Crippen molar-refractivity contribution < 1.29 is 17.9 Å². The number of halogens is 1. The van der Waals surface area contributed by atoms with E-state index in [9.17, 15) is 13.2 Å². The van der Waals surface area contributed by atoms with Gasteiger partial charge in [0.2, 0.25) is 0 Å². The van der Waals surface area contributed by atoms with Crippen molar-refractivity contribution in [3.8, 4) is 0 Å². The van der Waals surface area contributed by atoms with E-state index in [1.54, 1.807) is 13.0 Å². The summed E-state index contributed by atoms with van der Waals surface area (Å²) in [5.74, 6) is -0.396. The third-order valence-electron chi connectivity index (χ3n) is 2.15. The number of rotatable bonds is 6. The highest BCUT2D eigenvalue weighted by Crippen LogP contribution is 2.27. The lowest BCUT2D eigenvalue weighted by atomic mass is 10.4. The molecule has 18 heavy (non-hydrogen) atoms. The first-order valence-electron chi connectivity index (χ1n) is 5.25. The van der Waals surface area contributed by atoms with Gasteiger partial charge in [-0.15, -0.1) is 11.3 Å². The van der Waals surface area contributed by atoms with Crippen molar-refractivity contribution in [3.63, 3.8) is 0 Å². The molecule has 1 rings (SSSR count). The first-order chi connectivity index (χ1) is 8.37. The van der Waals surface area contributed by atoms with Gasteiger partial charge in [-0.25, -0.2) is 8.42 Å². The van der Waals surface area contributed by atoms with Gasteiger partial charge in [0, 0.05) is 13.6 Å². The van der Waals surface area contributed by atoms with Crippen LogP contribution in [0.2, 0.25) is 0 Å². The zero-order valence-electron chi connectivity index (χ0n) is 10.1. The van der Waals surface area contributed by atoms with E-state index in [0.717, 1.165) is 19.4 Å². The second-order valence-corrected chi connectivity index (χ2v) is 8.17. The average Bonchev–Trinajstić information content (AvgIpc) is 2.73. The Bertz CT molecular complexity index is 512. The van der Waals surface area contributed by atoms with Gasteiger partial charge in [0.1, 0.15) is 4.21 Å². The van der Waals surface area contributed by atoms with Gasteiger partial charge >= 0.3 is 5.97 Å². The highest BCUT2D eigenvalue weighted by molar-refractivity contribution is 9.11. The van der Waals surface area contributed by atoms with E-state index in [4.69, 9.17) is 4.74 Å². The van der Waals surface area contributed by atoms with Crippen LogP contribution >= 0.6 is 27.3 Å². The van der Waals surface area contributed by atoms with Crippen molar-refractivity contribution in [1.29, 1.82) is 0 Å². The molecule has 0 fully saturated rings. The van der Waals surface area contributed by atoms with Gasteiger partial charge in [0.25, 0.3) is 10.0 Å². The summed E-state index contributed by atoms with van der Waals surface area (Å²) >= 11 is 4.36. The Hall–Kier alpha value is -0.440. The van der Waals surface area contributed by atoms with E-state index >= 15 is 0 Å². The largest absolute Gasteiger partial charge is 0.466 e. The van der Waals surface area contributed by atoms with Crippen molar-refractivity contribution in [3.05, 3.63) is 15.9 Å². The number of carbonyl (C=O) groups is 1. The summed E-state index contributed by atoms with van der Waals surface area (Å²) in [4.78, 5) is 11.2. The zero-order valence-corrected chi connectivity index (χ0v) is 13.3. The Labute approximate surface area is 119 Å². The van der Waals surface area contributed by atoms with Gasteiger partial charge in [-0.05, 0) is 35.0 Å². The molecule has 0 aliphatic heterocycles. The van der Waals surface area contributed by atoms with Crippen molar-refractivity contribution in [2.75, 3.05) is 20.2 Å². The maximum atomic E-state index is 12.1. The minimum atomic E-state index is -3.51. The first-order valence-corrected chi connectivity index (χ1v) is 8.30. The molecule has 0 aromatic carbocycles. The number of ether oxygens (including phenoxy) is 1. The summed E-state index contributed by atoms with van der Waals surface area (Å²) in [5, 5.41) is 0. The molecule has 0 spiro atoms. The lowest BCUT2D eigenvalue weighted by Crippen LogP contribution is -2.29. The third-order valence-corrected chi connectivity index (χ3v) is 6.10. The lowest BCUT2D eigenvalue weighted by molar-refractivity contribution is -0.143. The molecule has 0 saturated carbocycles. The van der Waals surface area contributed by atoms with Crippen molar-refractivity contribution in [2.24, 2.45) is 0 Å². The molecule has 1 heterocycles. The standard InChI is InChI=1S/C10H14BrNO4S2/c1-3-16-9(13)6-7-12(2)18(14,15)10-5-4-8(11)17-10/h4-5H,3,6-7H2,1-2H3. The second kappa shape index (κ2) is 6.65. The minimum Gasteiger partial charge on any atom is -0.466 e. The predicted octanol–water partition coefficient (Wildman–Crippen LogP) is 2.08. The van der Waals surface area contributed by atoms with Gasteiger partial charge in [-0.3, -0.25) is 4.79 Å². The summed E-state index contributed by atoms with van der Waals surface area (Å²) < 4.78 is 31.1. The third kappa shape index (κ3) is 4.04. The maximum Gasteiger partial charge on any atom is 0.307 e. The van der Waals surface area contributed by atoms with Crippen LogP contribution < -0.4 is 0 Å². The number of nitrogens with zero attached hydrogens (tertiary/aromatic N) is 1. The van der Waals surface area contributed by atoms with E-state index < -0.39 is 16.0 Å². The fourth-order valence-corrected chi connectivity index (χ4v) is 4.58. The second-order valence-electron chi connectivity index (χ2n) is 3.44. The molecule has 1 aromatic rings. The van der Waals surface area contributed by atoms with Crippen molar-refractivity contribution in [2.45, 2.75) is 17.6 Å². The van der Waals surface area contributed by atoms with E-state index in [0.29, 0.717) is 6.61 Å². The molecular formula is C10H14BrNO4S2. The van der Waals surface area contributed by atoms with Gasteiger partial charge in [-0.1, -0.05) is 0 Å². The summed E-state index contributed by atoms with van der Waals surface area (Å²) in [7, 11) is -2.07. The summed E-state index contributed by atoms with van der Waals surface area (Å²) in [6, 6.07) is 3.21. The highest BCUT2D eigenvalue weighted by Gasteiger charge is 2.23. The molecule has 0 atom stereocenters. The molecule has 0 amide bonds. The Morgan fingerprint density at radius 2 is 2.17 bits per heavy atom. The van der Waals surface area contributed by atoms with Crippen LogP contribution in [0.4, 0.5) is 0 Å². The normalized spacial score (nSPS) is 11.8. The Morgan fingerprint density at radius 3 is 2.67 bits per heavy atom. The Balaban J connectivity index is 2.66. The summed E-state index contributed by atoms with van der Waals surface area (Å²) in [6.07, 6.45) is 0.0517. The van der Waals surface area contributed by atoms with Gasteiger partial charge < -0.3 is 4.74 Å². The molecule has 5 nitrogen and oxygen atoms in total. The van der Waals surface area contributed by atoms with E-state index in [1.807, 2.05) is 0 Å². The van der Waals surface area contributed by atoms with Gasteiger partial charge in [-0.2, -0.15) is 4.31 Å². The summed E-state index contributed by atoms with van der Waals surface area (Å²) in [5.41, 5.74) is 0. The lowest BCUT2D eigenvalue weighted by Gasteiger charge is -2.15. The molecule has 0 aliphatic rings. The number of sulfonamides is 1. The Kier molecular flexibility index (Phi) is 5.77. The molecule has 0 saturated heterocycles. The van der Waals surface area contributed by atoms with E-state index in [2.05, 4.69) is 15.9 Å².